The van der Waals surface area contributed by atoms with E-state index in [2.05, 4.69) is 25.7 Å². The van der Waals surface area contributed by atoms with Crippen molar-refractivity contribution >= 4 is 11.8 Å². The minimum Gasteiger partial charge on any atom is -0.336 e. The first-order valence-electron chi connectivity index (χ1n) is 6.39. The summed E-state index contributed by atoms with van der Waals surface area (Å²) in [5.41, 5.74) is 1.88. The SMILES string of the molecule is Cc1cc(C)n(-c2cc(NC(=O)NC(C)C)ncn2)n1. The average Bonchev–Trinajstić information content (AvgIpc) is 2.67. The zero-order chi connectivity index (χ0) is 14.7. The van der Waals surface area contributed by atoms with Gasteiger partial charge in [0.25, 0.3) is 0 Å². The van der Waals surface area contributed by atoms with E-state index in [1.54, 1.807) is 10.7 Å². The summed E-state index contributed by atoms with van der Waals surface area (Å²) in [5, 5.41) is 9.75. The van der Waals surface area contributed by atoms with Crippen molar-refractivity contribution in [3.63, 3.8) is 0 Å². The van der Waals surface area contributed by atoms with Gasteiger partial charge >= 0.3 is 6.03 Å². The Labute approximate surface area is 117 Å². The van der Waals surface area contributed by atoms with Crippen LogP contribution in [0, 0.1) is 13.8 Å². The van der Waals surface area contributed by atoms with E-state index >= 15 is 0 Å². The van der Waals surface area contributed by atoms with Crippen LogP contribution in [0.25, 0.3) is 5.82 Å². The number of carbonyl (C=O) groups is 1. The number of urea groups is 1. The molecule has 0 saturated carbocycles. The van der Waals surface area contributed by atoms with Crippen molar-refractivity contribution < 1.29 is 4.79 Å². The maximum atomic E-state index is 11.6. The molecule has 2 N–H and O–H groups in total. The van der Waals surface area contributed by atoms with Gasteiger partial charge in [0.1, 0.15) is 12.1 Å². The number of amides is 2. The third-order valence-electron chi connectivity index (χ3n) is 2.54. The average molecular weight is 274 g/mol. The lowest BCUT2D eigenvalue weighted by molar-refractivity contribution is 0.250. The van der Waals surface area contributed by atoms with E-state index in [-0.39, 0.29) is 12.1 Å². The Balaban J connectivity index is 2.20. The van der Waals surface area contributed by atoms with Crippen LogP contribution in [0.15, 0.2) is 18.5 Å². The summed E-state index contributed by atoms with van der Waals surface area (Å²) < 4.78 is 1.71. The van der Waals surface area contributed by atoms with Gasteiger partial charge in [0, 0.05) is 17.8 Å². The highest BCUT2D eigenvalue weighted by Crippen LogP contribution is 2.12. The summed E-state index contributed by atoms with van der Waals surface area (Å²) in [7, 11) is 0. The Morgan fingerprint density at radius 2 is 2.00 bits per heavy atom. The first-order valence-corrected chi connectivity index (χ1v) is 6.39. The lowest BCUT2D eigenvalue weighted by Gasteiger charge is -2.10. The van der Waals surface area contributed by atoms with Gasteiger partial charge in [-0.1, -0.05) is 0 Å². The van der Waals surface area contributed by atoms with Crippen LogP contribution in [-0.2, 0) is 0 Å². The molecule has 0 aromatic carbocycles. The highest BCUT2D eigenvalue weighted by molar-refractivity contribution is 5.88. The highest BCUT2D eigenvalue weighted by atomic mass is 16.2. The van der Waals surface area contributed by atoms with E-state index in [0.29, 0.717) is 11.6 Å². The molecule has 2 rings (SSSR count). The van der Waals surface area contributed by atoms with E-state index < -0.39 is 0 Å². The molecule has 0 spiro atoms. The smallest absolute Gasteiger partial charge is 0.320 e. The Hall–Kier alpha value is -2.44. The maximum Gasteiger partial charge on any atom is 0.320 e. The summed E-state index contributed by atoms with van der Waals surface area (Å²) in [5.74, 6) is 1.05. The fourth-order valence-electron chi connectivity index (χ4n) is 1.81. The standard InChI is InChI=1S/C13H18N6O/c1-8(2)16-13(20)17-11-6-12(15-7-14-11)19-10(4)5-9(3)18-19/h5-8H,1-4H3,(H2,14,15,16,17,20). The first-order chi connectivity index (χ1) is 9.45. The highest BCUT2D eigenvalue weighted by Gasteiger charge is 2.08. The van der Waals surface area contributed by atoms with Gasteiger partial charge in [0.05, 0.1) is 5.69 Å². The third-order valence-corrected chi connectivity index (χ3v) is 2.54. The molecule has 0 atom stereocenters. The summed E-state index contributed by atoms with van der Waals surface area (Å²) in [6.07, 6.45) is 1.40. The molecule has 0 fully saturated rings. The Morgan fingerprint density at radius 3 is 2.60 bits per heavy atom. The van der Waals surface area contributed by atoms with Crippen molar-refractivity contribution in [1.82, 2.24) is 25.1 Å². The zero-order valence-corrected chi connectivity index (χ0v) is 12.0. The number of aryl methyl sites for hydroxylation is 2. The number of hydrogen-bond donors (Lipinski definition) is 2. The van der Waals surface area contributed by atoms with Crippen LogP contribution in [-0.4, -0.2) is 31.8 Å². The van der Waals surface area contributed by atoms with Crippen molar-refractivity contribution in [3.8, 4) is 5.82 Å². The molecule has 7 nitrogen and oxygen atoms in total. The van der Waals surface area contributed by atoms with Gasteiger partial charge in [-0.05, 0) is 33.8 Å². The molecule has 2 aromatic rings. The second-order valence-electron chi connectivity index (χ2n) is 4.85. The molecule has 106 valence electrons. The number of nitrogens with one attached hydrogen (secondary N) is 2. The molecule has 7 heteroatoms. The van der Waals surface area contributed by atoms with E-state index in [1.807, 2.05) is 33.8 Å². The Morgan fingerprint density at radius 1 is 1.25 bits per heavy atom. The van der Waals surface area contributed by atoms with Crippen molar-refractivity contribution in [2.45, 2.75) is 33.7 Å². The molecule has 0 saturated heterocycles. The van der Waals surface area contributed by atoms with E-state index in [1.165, 1.54) is 6.33 Å². The molecule has 0 aliphatic rings. The minimum atomic E-state index is -0.294. The van der Waals surface area contributed by atoms with Crippen LogP contribution in [0.2, 0.25) is 0 Å². The number of anilines is 1. The molecule has 2 amide bonds. The number of nitrogens with zero attached hydrogens (tertiary/aromatic N) is 4. The summed E-state index contributed by atoms with van der Waals surface area (Å²) in [4.78, 5) is 19.8. The molecule has 0 radical (unpaired) electrons. The Bertz CT molecular complexity index is 619. The second-order valence-corrected chi connectivity index (χ2v) is 4.85. The van der Waals surface area contributed by atoms with Crippen molar-refractivity contribution in [2.75, 3.05) is 5.32 Å². The fourth-order valence-corrected chi connectivity index (χ4v) is 1.81. The normalized spacial score (nSPS) is 10.7. The molecule has 0 bridgehead atoms. The maximum absolute atomic E-state index is 11.6. The van der Waals surface area contributed by atoms with Crippen molar-refractivity contribution in [1.29, 1.82) is 0 Å². The predicted molar refractivity (Wildman–Crippen MR) is 75.9 cm³/mol. The zero-order valence-electron chi connectivity index (χ0n) is 12.0. The number of aromatic nitrogens is 4. The third kappa shape index (κ3) is 3.31. The van der Waals surface area contributed by atoms with Gasteiger partial charge < -0.3 is 5.32 Å². The van der Waals surface area contributed by atoms with Crippen molar-refractivity contribution in [3.05, 3.63) is 29.8 Å². The van der Waals surface area contributed by atoms with Crippen LogP contribution in [0.5, 0.6) is 0 Å². The topological polar surface area (TPSA) is 84.7 Å². The molecule has 0 aliphatic heterocycles. The molecule has 20 heavy (non-hydrogen) atoms. The number of hydrogen-bond acceptors (Lipinski definition) is 4. The fraction of sp³-hybridized carbons (Fsp3) is 0.385. The van der Waals surface area contributed by atoms with Gasteiger partial charge in [0.2, 0.25) is 0 Å². The summed E-state index contributed by atoms with van der Waals surface area (Å²) in [6.45, 7) is 7.64. The Kier molecular flexibility index (Phi) is 3.97. The number of carbonyl (C=O) groups excluding carboxylic acids is 1. The van der Waals surface area contributed by atoms with Crippen LogP contribution < -0.4 is 10.6 Å². The van der Waals surface area contributed by atoms with E-state index in [9.17, 15) is 4.79 Å². The molecule has 0 unspecified atom stereocenters. The molecular formula is C13H18N6O. The quantitative estimate of drug-likeness (QED) is 0.894. The largest absolute Gasteiger partial charge is 0.336 e. The summed E-state index contributed by atoms with van der Waals surface area (Å²) in [6, 6.07) is 3.41. The van der Waals surface area contributed by atoms with Crippen LogP contribution in [0.3, 0.4) is 0 Å². The van der Waals surface area contributed by atoms with E-state index in [0.717, 1.165) is 11.4 Å². The van der Waals surface area contributed by atoms with Crippen LogP contribution in [0.4, 0.5) is 10.6 Å². The molecule has 0 aliphatic carbocycles. The van der Waals surface area contributed by atoms with Crippen LogP contribution >= 0.6 is 0 Å². The van der Waals surface area contributed by atoms with E-state index in [4.69, 9.17) is 0 Å². The van der Waals surface area contributed by atoms with Gasteiger partial charge in [-0.3, -0.25) is 5.32 Å². The van der Waals surface area contributed by atoms with Gasteiger partial charge in [0.15, 0.2) is 5.82 Å². The lowest BCUT2D eigenvalue weighted by atomic mass is 10.4. The second kappa shape index (κ2) is 5.68. The van der Waals surface area contributed by atoms with Gasteiger partial charge in [-0.25, -0.2) is 19.4 Å². The van der Waals surface area contributed by atoms with Crippen molar-refractivity contribution in [2.24, 2.45) is 0 Å². The van der Waals surface area contributed by atoms with Gasteiger partial charge in [-0.15, -0.1) is 0 Å². The molecular weight excluding hydrogens is 256 g/mol. The monoisotopic (exact) mass is 274 g/mol. The minimum absolute atomic E-state index is 0.0623. The molecule has 2 aromatic heterocycles. The molecule has 2 heterocycles. The lowest BCUT2D eigenvalue weighted by Crippen LogP contribution is -2.34. The first kappa shape index (κ1) is 14.0. The van der Waals surface area contributed by atoms with Gasteiger partial charge in [-0.2, -0.15) is 5.10 Å². The van der Waals surface area contributed by atoms with Crippen LogP contribution in [0.1, 0.15) is 25.2 Å². The summed E-state index contributed by atoms with van der Waals surface area (Å²) >= 11 is 0. The predicted octanol–water partition coefficient (Wildman–Crippen LogP) is 1.81. The number of rotatable bonds is 3.